The summed E-state index contributed by atoms with van der Waals surface area (Å²) in [6.07, 6.45) is 3.60. The molecule has 0 aliphatic rings. The van der Waals surface area contributed by atoms with Crippen LogP contribution >= 0.6 is 0 Å². The van der Waals surface area contributed by atoms with Gasteiger partial charge in [0.05, 0.1) is 17.2 Å². The number of nitrogens with one attached hydrogen (secondary N) is 4. The maximum atomic E-state index is 13.2. The summed E-state index contributed by atoms with van der Waals surface area (Å²) < 4.78 is 35.2. The zero-order chi connectivity index (χ0) is 27.9. The first-order chi connectivity index (χ1) is 18.0. The van der Waals surface area contributed by atoms with Crippen molar-refractivity contribution in [2.24, 2.45) is 0 Å². The topological polar surface area (TPSA) is 147 Å². The second kappa shape index (κ2) is 12.2. The van der Waals surface area contributed by atoms with Gasteiger partial charge in [0.2, 0.25) is 6.54 Å². The number of sulfonamides is 1. The molecule has 0 unspecified atom stereocenters. The van der Waals surface area contributed by atoms with Gasteiger partial charge in [0.25, 0.3) is 15.9 Å². The van der Waals surface area contributed by atoms with E-state index in [1.54, 1.807) is 43.8 Å². The molecule has 3 rings (SSSR count). The van der Waals surface area contributed by atoms with E-state index in [-0.39, 0.29) is 29.6 Å². The lowest BCUT2D eigenvalue weighted by molar-refractivity contribution is -0.684. The minimum atomic E-state index is -4.00. The Kier molecular flexibility index (Phi) is 9.02. The molecule has 2 amide bonds. The van der Waals surface area contributed by atoms with E-state index in [1.165, 1.54) is 30.3 Å². The van der Waals surface area contributed by atoms with Gasteiger partial charge in [0.15, 0.2) is 12.4 Å². The summed E-state index contributed by atoms with van der Waals surface area (Å²) in [5.41, 5.74) is 8.06. The number of benzene rings is 2. The number of carbonyl (C=O) groups excluding carboxylic acids is 3. The van der Waals surface area contributed by atoms with Crippen LogP contribution in [0.2, 0.25) is 0 Å². The van der Waals surface area contributed by atoms with E-state index < -0.39 is 21.9 Å². The van der Waals surface area contributed by atoms with Crippen molar-refractivity contribution in [2.75, 3.05) is 22.1 Å². The van der Waals surface area contributed by atoms with Gasteiger partial charge in [-0.1, -0.05) is 6.07 Å². The molecule has 0 fully saturated rings. The third-order valence-corrected chi connectivity index (χ3v) is 7.01. The standard InChI is InChI=1S/C26H29N5O6S/c1-5-37-26(34)25(33)29-28-20-7-9-21(10-8-20)30-38(35,36)22-11-6-18(3)24(19(22)4)27-23(32)16-31-14-12-17(2)13-15-31/h6-15H,5,16H2,1-4H3,(H3-,27,28,29,30,32,33,34)/p+1. The number of nitrogens with zero attached hydrogens (tertiary/aromatic N) is 1. The molecule has 38 heavy (non-hydrogen) atoms. The van der Waals surface area contributed by atoms with Gasteiger partial charge in [0, 0.05) is 23.5 Å². The highest BCUT2D eigenvalue weighted by atomic mass is 32.2. The molecule has 4 N–H and O–H groups in total. The number of hydrogen-bond donors (Lipinski definition) is 4. The number of rotatable bonds is 9. The summed E-state index contributed by atoms with van der Waals surface area (Å²) in [6, 6.07) is 12.9. The van der Waals surface area contributed by atoms with Crippen LogP contribution in [0.3, 0.4) is 0 Å². The molecule has 0 bridgehead atoms. The molecule has 0 radical (unpaired) electrons. The van der Waals surface area contributed by atoms with E-state index in [4.69, 9.17) is 0 Å². The first kappa shape index (κ1) is 28.1. The average Bonchev–Trinajstić information content (AvgIpc) is 2.87. The molecule has 200 valence electrons. The molecule has 12 heteroatoms. The van der Waals surface area contributed by atoms with Crippen molar-refractivity contribution in [1.29, 1.82) is 0 Å². The van der Waals surface area contributed by atoms with Crippen molar-refractivity contribution < 1.29 is 32.1 Å². The van der Waals surface area contributed by atoms with Crippen LogP contribution in [0.4, 0.5) is 17.1 Å². The van der Waals surface area contributed by atoms with Crippen LogP contribution in [-0.4, -0.2) is 32.8 Å². The third kappa shape index (κ3) is 7.29. The molecule has 11 nitrogen and oxygen atoms in total. The molecule has 1 heterocycles. The summed E-state index contributed by atoms with van der Waals surface area (Å²) >= 11 is 0. The van der Waals surface area contributed by atoms with Gasteiger partial charge in [0.1, 0.15) is 0 Å². The number of anilines is 3. The Hall–Kier alpha value is -4.45. The second-order valence-corrected chi connectivity index (χ2v) is 10.1. The average molecular weight is 541 g/mol. The number of esters is 1. The zero-order valence-corrected chi connectivity index (χ0v) is 22.3. The van der Waals surface area contributed by atoms with Gasteiger partial charge in [-0.15, -0.1) is 0 Å². The minimum Gasteiger partial charge on any atom is -0.459 e. The summed E-state index contributed by atoms with van der Waals surface area (Å²) in [7, 11) is -4.00. The van der Waals surface area contributed by atoms with Gasteiger partial charge >= 0.3 is 11.9 Å². The van der Waals surface area contributed by atoms with E-state index in [0.717, 1.165) is 11.1 Å². The fourth-order valence-corrected chi connectivity index (χ4v) is 4.81. The second-order valence-electron chi connectivity index (χ2n) is 8.46. The lowest BCUT2D eigenvalue weighted by Gasteiger charge is -2.16. The van der Waals surface area contributed by atoms with Crippen molar-refractivity contribution >= 4 is 44.9 Å². The van der Waals surface area contributed by atoms with Crippen molar-refractivity contribution in [2.45, 2.75) is 39.1 Å². The smallest absolute Gasteiger partial charge is 0.398 e. The highest BCUT2D eigenvalue weighted by Gasteiger charge is 2.22. The lowest BCUT2D eigenvalue weighted by Crippen LogP contribution is -2.39. The highest BCUT2D eigenvalue weighted by Crippen LogP contribution is 2.28. The Morgan fingerprint density at radius 3 is 2.16 bits per heavy atom. The Labute approximate surface area is 221 Å². The van der Waals surface area contributed by atoms with Crippen LogP contribution < -0.4 is 25.5 Å². The fraction of sp³-hybridized carbons (Fsp3) is 0.231. The predicted octanol–water partition coefficient (Wildman–Crippen LogP) is 2.35. The quantitative estimate of drug-likeness (QED) is 0.141. The number of pyridine rings is 1. The normalized spacial score (nSPS) is 10.8. The molecule has 0 atom stereocenters. The molecule has 3 aromatic rings. The van der Waals surface area contributed by atoms with Crippen LogP contribution in [-0.2, 0) is 35.7 Å². The van der Waals surface area contributed by atoms with Gasteiger partial charge in [-0.3, -0.25) is 25.2 Å². The molecule has 0 aliphatic heterocycles. The molecule has 0 aliphatic carbocycles. The zero-order valence-electron chi connectivity index (χ0n) is 21.5. The minimum absolute atomic E-state index is 0.0188. The lowest BCUT2D eigenvalue weighted by atomic mass is 10.1. The van der Waals surface area contributed by atoms with E-state index in [2.05, 4.69) is 25.6 Å². The first-order valence-electron chi connectivity index (χ1n) is 11.7. The largest absolute Gasteiger partial charge is 0.459 e. The number of ether oxygens (including phenoxy) is 1. The van der Waals surface area contributed by atoms with Crippen LogP contribution in [0, 0.1) is 20.8 Å². The van der Waals surface area contributed by atoms with Crippen molar-refractivity contribution in [3.63, 3.8) is 0 Å². The van der Waals surface area contributed by atoms with Crippen LogP contribution in [0.25, 0.3) is 0 Å². The Morgan fingerprint density at radius 1 is 0.895 bits per heavy atom. The molecule has 0 saturated carbocycles. The fourth-order valence-electron chi connectivity index (χ4n) is 3.50. The number of hydrogen-bond acceptors (Lipinski definition) is 7. The summed E-state index contributed by atoms with van der Waals surface area (Å²) in [5.74, 6) is -2.28. The Bertz CT molecular complexity index is 1440. The summed E-state index contributed by atoms with van der Waals surface area (Å²) in [5, 5.41) is 2.84. The molecule has 1 aromatic heterocycles. The van der Waals surface area contributed by atoms with E-state index in [0.29, 0.717) is 16.9 Å². The van der Waals surface area contributed by atoms with Crippen molar-refractivity contribution in [3.8, 4) is 0 Å². The maximum absolute atomic E-state index is 13.2. The van der Waals surface area contributed by atoms with Crippen molar-refractivity contribution in [1.82, 2.24) is 5.43 Å². The molecular weight excluding hydrogens is 510 g/mol. The van der Waals surface area contributed by atoms with Gasteiger partial charge in [-0.2, -0.15) is 4.57 Å². The molecule has 0 spiro atoms. The number of carbonyl (C=O) groups is 3. The van der Waals surface area contributed by atoms with Gasteiger partial charge < -0.3 is 10.1 Å². The van der Waals surface area contributed by atoms with E-state index in [1.807, 2.05) is 19.1 Å². The number of hydrazine groups is 1. The number of aromatic nitrogens is 1. The SMILES string of the molecule is CCOC(=O)C(=O)NNc1ccc(NS(=O)(=O)c2ccc(C)c(NC(=O)C[n+]3ccc(C)cc3)c2C)cc1. The van der Waals surface area contributed by atoms with E-state index in [9.17, 15) is 22.8 Å². The van der Waals surface area contributed by atoms with E-state index >= 15 is 0 Å². The van der Waals surface area contributed by atoms with Crippen molar-refractivity contribution in [3.05, 3.63) is 77.6 Å². The predicted molar refractivity (Wildman–Crippen MR) is 142 cm³/mol. The maximum Gasteiger partial charge on any atom is 0.398 e. The third-order valence-electron chi connectivity index (χ3n) is 5.48. The number of amides is 2. The molecule has 0 saturated heterocycles. The highest BCUT2D eigenvalue weighted by molar-refractivity contribution is 7.92. The number of aryl methyl sites for hydroxylation is 2. The van der Waals surface area contributed by atoms with Crippen LogP contribution in [0.5, 0.6) is 0 Å². The monoisotopic (exact) mass is 540 g/mol. The van der Waals surface area contributed by atoms with Crippen LogP contribution in [0.15, 0.2) is 65.8 Å². The van der Waals surface area contributed by atoms with Gasteiger partial charge in [-0.05, 0) is 74.7 Å². The Balaban J connectivity index is 1.70. The molecular formula is C26H30N5O6S+. The van der Waals surface area contributed by atoms with Gasteiger partial charge in [-0.25, -0.2) is 13.2 Å². The first-order valence-corrected chi connectivity index (χ1v) is 13.2. The summed E-state index contributed by atoms with van der Waals surface area (Å²) in [4.78, 5) is 35.6. The van der Waals surface area contributed by atoms with Crippen LogP contribution in [0.1, 0.15) is 23.6 Å². The molecule has 2 aromatic carbocycles. The Morgan fingerprint density at radius 2 is 1.53 bits per heavy atom. The summed E-state index contributed by atoms with van der Waals surface area (Å²) in [6.45, 7) is 7.11.